The SMILES string of the molecule is COC(=O)C(C)(CCCSc1ccc(Br)cn1)NC1CC1. The number of hydrogen-bond donors (Lipinski definition) is 1. The van der Waals surface area contributed by atoms with Crippen molar-refractivity contribution in [1.82, 2.24) is 10.3 Å². The van der Waals surface area contributed by atoms with Gasteiger partial charge in [-0.1, -0.05) is 0 Å². The van der Waals surface area contributed by atoms with Crippen molar-refractivity contribution in [2.24, 2.45) is 0 Å². The third-order valence-corrected chi connectivity index (χ3v) is 5.01. The molecule has 0 aromatic carbocycles. The summed E-state index contributed by atoms with van der Waals surface area (Å²) in [6.45, 7) is 1.94. The Balaban J connectivity index is 1.78. The molecular formula is C15H21BrN2O2S. The van der Waals surface area contributed by atoms with Crippen LogP contribution in [0.1, 0.15) is 32.6 Å². The molecule has 0 amide bonds. The Bertz CT molecular complexity index is 479. The minimum Gasteiger partial charge on any atom is -0.468 e. The average Bonchev–Trinajstić information content (AvgIpc) is 3.28. The predicted molar refractivity (Wildman–Crippen MR) is 88.5 cm³/mol. The molecule has 1 saturated carbocycles. The second-order valence-corrected chi connectivity index (χ2v) is 7.54. The zero-order chi connectivity index (χ0) is 15.3. The summed E-state index contributed by atoms with van der Waals surface area (Å²) in [4.78, 5) is 16.3. The molecule has 1 aromatic rings. The number of carbonyl (C=O) groups is 1. The second-order valence-electron chi connectivity index (χ2n) is 5.51. The Labute approximate surface area is 138 Å². The molecule has 1 atom stereocenters. The van der Waals surface area contributed by atoms with E-state index < -0.39 is 5.54 Å². The molecule has 1 unspecified atom stereocenters. The van der Waals surface area contributed by atoms with Gasteiger partial charge < -0.3 is 4.74 Å². The summed E-state index contributed by atoms with van der Waals surface area (Å²) in [7, 11) is 1.45. The van der Waals surface area contributed by atoms with Gasteiger partial charge in [0.25, 0.3) is 0 Å². The van der Waals surface area contributed by atoms with E-state index in [9.17, 15) is 4.79 Å². The third-order valence-electron chi connectivity index (χ3n) is 3.51. The molecule has 0 aliphatic heterocycles. The Morgan fingerprint density at radius 2 is 2.33 bits per heavy atom. The first-order chi connectivity index (χ1) is 10.0. The number of halogens is 1. The van der Waals surface area contributed by atoms with Crippen LogP contribution in [-0.4, -0.2) is 35.4 Å². The number of ether oxygens (including phenoxy) is 1. The van der Waals surface area contributed by atoms with Gasteiger partial charge in [0.1, 0.15) is 5.54 Å². The molecule has 0 bridgehead atoms. The third kappa shape index (κ3) is 5.27. The zero-order valence-electron chi connectivity index (χ0n) is 12.4. The number of carbonyl (C=O) groups excluding carboxylic acids is 1. The van der Waals surface area contributed by atoms with Crippen LogP contribution < -0.4 is 5.32 Å². The number of hydrogen-bond acceptors (Lipinski definition) is 5. The van der Waals surface area contributed by atoms with E-state index in [2.05, 4.69) is 26.2 Å². The van der Waals surface area contributed by atoms with E-state index in [1.54, 1.807) is 18.0 Å². The molecule has 2 rings (SSSR count). The Hall–Kier alpha value is -0.590. The number of esters is 1. The highest BCUT2D eigenvalue weighted by Crippen LogP contribution is 2.27. The molecule has 1 N–H and O–H groups in total. The van der Waals surface area contributed by atoms with Crippen molar-refractivity contribution in [3.05, 3.63) is 22.8 Å². The summed E-state index contributed by atoms with van der Waals surface area (Å²) in [5.74, 6) is 0.772. The largest absolute Gasteiger partial charge is 0.468 e. The van der Waals surface area contributed by atoms with E-state index in [1.807, 2.05) is 19.1 Å². The van der Waals surface area contributed by atoms with Crippen LogP contribution in [0.5, 0.6) is 0 Å². The van der Waals surface area contributed by atoms with Crippen molar-refractivity contribution in [1.29, 1.82) is 0 Å². The summed E-state index contributed by atoms with van der Waals surface area (Å²) in [6.07, 6.45) is 5.83. The molecule has 1 heterocycles. The number of thioether (sulfide) groups is 1. The van der Waals surface area contributed by atoms with E-state index in [4.69, 9.17) is 4.74 Å². The van der Waals surface area contributed by atoms with Crippen LogP contribution in [-0.2, 0) is 9.53 Å². The summed E-state index contributed by atoms with van der Waals surface area (Å²) in [6, 6.07) is 4.47. The molecule has 0 spiro atoms. The van der Waals surface area contributed by atoms with Gasteiger partial charge in [-0.2, -0.15) is 0 Å². The minimum atomic E-state index is -0.566. The number of methoxy groups -OCH3 is 1. The molecular weight excluding hydrogens is 352 g/mol. The van der Waals surface area contributed by atoms with Gasteiger partial charge in [0.2, 0.25) is 0 Å². The topological polar surface area (TPSA) is 51.2 Å². The zero-order valence-corrected chi connectivity index (χ0v) is 14.8. The lowest BCUT2D eigenvalue weighted by Crippen LogP contribution is -2.51. The highest BCUT2D eigenvalue weighted by Gasteiger charge is 2.38. The van der Waals surface area contributed by atoms with Crippen molar-refractivity contribution in [3.63, 3.8) is 0 Å². The smallest absolute Gasteiger partial charge is 0.325 e. The minimum absolute atomic E-state index is 0.166. The molecule has 1 aliphatic carbocycles. The van der Waals surface area contributed by atoms with Gasteiger partial charge in [-0.25, -0.2) is 4.98 Å². The maximum absolute atomic E-state index is 12.0. The molecule has 1 fully saturated rings. The van der Waals surface area contributed by atoms with Crippen LogP contribution in [0, 0.1) is 0 Å². The van der Waals surface area contributed by atoms with Crippen molar-refractivity contribution in [2.45, 2.75) is 49.2 Å². The average molecular weight is 373 g/mol. The standard InChI is InChI=1S/C15H21BrN2O2S/c1-15(14(19)20-2,18-12-5-6-12)8-3-9-21-13-7-4-11(16)10-17-13/h4,7,10,12,18H,3,5-6,8-9H2,1-2H3. The lowest BCUT2D eigenvalue weighted by Gasteiger charge is -2.28. The normalized spacial score (nSPS) is 17.3. The van der Waals surface area contributed by atoms with Gasteiger partial charge in [0, 0.05) is 16.7 Å². The fraction of sp³-hybridized carbons (Fsp3) is 0.600. The summed E-state index contributed by atoms with van der Waals surface area (Å²) in [5.41, 5.74) is -0.566. The Morgan fingerprint density at radius 1 is 1.57 bits per heavy atom. The molecule has 6 heteroatoms. The Kier molecular flexibility index (Phi) is 6.08. The summed E-state index contributed by atoms with van der Waals surface area (Å²) in [5, 5.41) is 4.43. The van der Waals surface area contributed by atoms with Gasteiger partial charge in [0.05, 0.1) is 12.1 Å². The monoisotopic (exact) mass is 372 g/mol. The lowest BCUT2D eigenvalue weighted by atomic mass is 9.96. The van der Waals surface area contributed by atoms with Crippen LogP contribution in [0.2, 0.25) is 0 Å². The van der Waals surface area contributed by atoms with Gasteiger partial charge in [-0.05, 0) is 66.4 Å². The first-order valence-corrected chi connectivity index (χ1v) is 8.92. The second kappa shape index (κ2) is 7.61. The number of rotatable bonds is 8. The molecule has 0 radical (unpaired) electrons. The van der Waals surface area contributed by atoms with Crippen LogP contribution in [0.15, 0.2) is 27.8 Å². The van der Waals surface area contributed by atoms with Crippen LogP contribution in [0.3, 0.4) is 0 Å². The van der Waals surface area contributed by atoms with Crippen LogP contribution >= 0.6 is 27.7 Å². The van der Waals surface area contributed by atoms with Gasteiger partial charge in [-0.3, -0.25) is 10.1 Å². The summed E-state index contributed by atoms with van der Waals surface area (Å²) < 4.78 is 5.93. The van der Waals surface area contributed by atoms with E-state index in [0.29, 0.717) is 6.04 Å². The maximum atomic E-state index is 12.0. The number of pyridine rings is 1. The van der Waals surface area contributed by atoms with E-state index >= 15 is 0 Å². The van der Waals surface area contributed by atoms with Crippen molar-refractivity contribution in [2.75, 3.05) is 12.9 Å². The lowest BCUT2D eigenvalue weighted by molar-refractivity contribution is -0.148. The molecule has 1 aliphatic rings. The van der Waals surface area contributed by atoms with E-state index in [-0.39, 0.29) is 5.97 Å². The number of nitrogens with zero attached hydrogens (tertiary/aromatic N) is 1. The van der Waals surface area contributed by atoms with Crippen molar-refractivity contribution >= 4 is 33.7 Å². The van der Waals surface area contributed by atoms with E-state index in [1.165, 1.54) is 7.11 Å². The van der Waals surface area contributed by atoms with E-state index in [0.717, 1.165) is 40.9 Å². The number of nitrogens with one attached hydrogen (secondary N) is 1. The molecule has 0 saturated heterocycles. The first kappa shape index (κ1) is 16.8. The quantitative estimate of drug-likeness (QED) is 0.430. The van der Waals surface area contributed by atoms with Gasteiger partial charge >= 0.3 is 5.97 Å². The highest BCUT2D eigenvalue weighted by atomic mass is 79.9. The molecule has 1 aromatic heterocycles. The number of aromatic nitrogens is 1. The molecule has 21 heavy (non-hydrogen) atoms. The maximum Gasteiger partial charge on any atom is 0.325 e. The Morgan fingerprint density at radius 3 is 2.90 bits per heavy atom. The molecule has 4 nitrogen and oxygen atoms in total. The van der Waals surface area contributed by atoms with Gasteiger partial charge in [-0.15, -0.1) is 11.8 Å². The summed E-state index contributed by atoms with van der Waals surface area (Å²) >= 11 is 5.09. The highest BCUT2D eigenvalue weighted by molar-refractivity contribution is 9.10. The predicted octanol–water partition coefficient (Wildman–Crippen LogP) is 3.40. The fourth-order valence-corrected chi connectivity index (χ4v) is 3.21. The van der Waals surface area contributed by atoms with Crippen LogP contribution in [0.25, 0.3) is 0 Å². The first-order valence-electron chi connectivity index (χ1n) is 7.14. The van der Waals surface area contributed by atoms with Gasteiger partial charge in [0.15, 0.2) is 0 Å². The van der Waals surface area contributed by atoms with Crippen molar-refractivity contribution in [3.8, 4) is 0 Å². The van der Waals surface area contributed by atoms with Crippen LogP contribution in [0.4, 0.5) is 0 Å². The van der Waals surface area contributed by atoms with Crippen molar-refractivity contribution < 1.29 is 9.53 Å². The fourth-order valence-electron chi connectivity index (χ4n) is 2.19. The molecule has 116 valence electrons.